The number of carboxylic acid groups (broad SMARTS) is 2. The lowest BCUT2D eigenvalue weighted by Crippen LogP contribution is -2.53. The summed E-state index contributed by atoms with van der Waals surface area (Å²) in [5, 5.41) is 38.0. The molecule has 0 bridgehead atoms. The second-order valence-corrected chi connectivity index (χ2v) is 27.9. The maximum Gasteiger partial charge on any atom is 0.335 e. The summed E-state index contributed by atoms with van der Waals surface area (Å²) in [6, 6.07) is 3.46. The maximum absolute atomic E-state index is 12.2. The third-order valence-electron chi connectivity index (χ3n) is 9.83. The molecule has 0 aliphatic rings. The van der Waals surface area contributed by atoms with Gasteiger partial charge in [-0.1, -0.05) is 20.2 Å². The normalized spacial score (nSPS) is 11.5. The van der Waals surface area contributed by atoms with E-state index in [0.717, 1.165) is 19.2 Å². The number of anilines is 1. The second-order valence-electron chi connectivity index (χ2n) is 27.9. The summed E-state index contributed by atoms with van der Waals surface area (Å²) in [7, 11) is 9.89. The minimum Gasteiger partial charge on any atom is -0.478 e. The van der Waals surface area contributed by atoms with Crippen LogP contribution < -0.4 is 11.5 Å². The van der Waals surface area contributed by atoms with E-state index >= 15 is 0 Å². The zero-order chi connectivity index (χ0) is 77.1. The maximum atomic E-state index is 12.2. The molecule has 0 aliphatic carbocycles. The molecular formula is C65H114B2N4O25. The van der Waals surface area contributed by atoms with Gasteiger partial charge in [0.25, 0.3) is 0 Å². The van der Waals surface area contributed by atoms with Gasteiger partial charge in [-0.15, -0.1) is 0 Å². The smallest absolute Gasteiger partial charge is 0.335 e. The Labute approximate surface area is 571 Å². The van der Waals surface area contributed by atoms with Gasteiger partial charge in [0, 0.05) is 40.9 Å². The molecule has 31 heteroatoms. The van der Waals surface area contributed by atoms with Crippen molar-refractivity contribution in [2.24, 2.45) is 5.73 Å². The predicted molar refractivity (Wildman–Crippen MR) is 363 cm³/mol. The van der Waals surface area contributed by atoms with Crippen molar-refractivity contribution in [3.8, 4) is 0 Å². The first-order valence-electron chi connectivity index (χ1n) is 30.7. The molecule has 4 radical (unpaired) electrons. The van der Waals surface area contributed by atoms with Crippen molar-refractivity contribution in [2.75, 3.05) is 52.4 Å². The fourth-order valence-electron chi connectivity index (χ4n) is 6.67. The number of ether oxygens (including phenoxy) is 10. The molecule has 0 saturated carbocycles. The zero-order valence-corrected chi connectivity index (χ0v) is 61.6. The standard InChI is InChI=1S/C25H47NO9.C22H39NO8.C8H7NO4.C7H12O2.2CH3B.CH3NO2/c1-22(2,3)33-19(27)10-13-30-16-25(26,17-31-14-11-20(28)34-23(4,5)6)18-32-15-12-21(29)35-24(7,8)9;1-19(2,3)29-16(24)10-13-22(23(27)28,14-11-17(25)30-20(4,5)6)15-12-18(26)31-21(7,8)9;9-6-2-4(7(10)11)1-5(3-6)8(12)13;1-5-6(8)9-7(2,3)4;2*1-2;1-2(3)4/h10-18,26H2,1-9H3;10-15H2,1-9H3;1-3H,9H2,(H,10,11)(H,12,13);5H,1H2,2-4H3;2*1H3;1H3. The van der Waals surface area contributed by atoms with Crippen LogP contribution in [0.5, 0.6) is 0 Å². The Morgan fingerprint density at radius 3 is 0.823 bits per heavy atom. The molecule has 0 fully saturated rings. The molecule has 0 aromatic heterocycles. The molecular weight excluding hydrogens is 1260 g/mol. The zero-order valence-electron chi connectivity index (χ0n) is 61.6. The lowest BCUT2D eigenvalue weighted by Gasteiger charge is -2.29. The number of rotatable bonds is 28. The Morgan fingerprint density at radius 1 is 0.448 bits per heavy atom. The number of carbonyl (C=O) groups excluding carboxylic acids is 7. The molecule has 6 N–H and O–H groups in total. The number of nitrogens with zero attached hydrogens (tertiary/aromatic N) is 2. The third kappa shape index (κ3) is 66.8. The van der Waals surface area contributed by atoms with Gasteiger partial charge < -0.3 is 69.0 Å². The molecule has 96 heavy (non-hydrogen) atoms. The average molecular weight is 1370 g/mol. The van der Waals surface area contributed by atoms with Gasteiger partial charge in [-0.05, 0) is 164 Å². The molecule has 0 aliphatic heterocycles. The molecule has 0 atom stereocenters. The van der Waals surface area contributed by atoms with Crippen LogP contribution in [0.15, 0.2) is 30.9 Å². The molecule has 0 unspecified atom stereocenters. The van der Waals surface area contributed by atoms with Crippen LogP contribution in [0.3, 0.4) is 0 Å². The summed E-state index contributed by atoms with van der Waals surface area (Å²) in [5.74, 6) is -5.62. The van der Waals surface area contributed by atoms with Crippen LogP contribution in [0, 0.1) is 20.2 Å². The van der Waals surface area contributed by atoms with Crippen molar-refractivity contribution in [2.45, 2.75) is 267 Å². The number of carbonyl (C=O) groups is 9. The van der Waals surface area contributed by atoms with E-state index in [9.17, 15) is 53.3 Å². The molecule has 0 saturated heterocycles. The van der Waals surface area contributed by atoms with Crippen molar-refractivity contribution in [3.05, 3.63) is 62.2 Å². The number of nitrogen functional groups attached to an aromatic ring is 1. The first-order valence-corrected chi connectivity index (χ1v) is 30.7. The van der Waals surface area contributed by atoms with Crippen LogP contribution in [-0.4, -0.2) is 186 Å². The highest BCUT2D eigenvalue weighted by Crippen LogP contribution is 2.31. The summed E-state index contributed by atoms with van der Waals surface area (Å²) in [5.41, 5.74) is 4.61. The van der Waals surface area contributed by atoms with Gasteiger partial charge in [-0.25, -0.2) is 14.4 Å². The molecule has 1 rings (SSSR count). The highest BCUT2D eigenvalue weighted by molar-refractivity contribution is 6.05. The first-order chi connectivity index (χ1) is 43.2. The molecule has 1 aromatic rings. The number of hydrogen-bond acceptors (Lipinski definition) is 25. The highest BCUT2D eigenvalue weighted by atomic mass is 16.6. The number of esters is 7. The summed E-state index contributed by atoms with van der Waals surface area (Å²) < 4.78 is 53.2. The van der Waals surface area contributed by atoms with Gasteiger partial charge in [0.2, 0.25) is 5.54 Å². The topological polar surface area (TPSA) is 425 Å². The number of benzene rings is 1. The lowest BCUT2D eigenvalue weighted by molar-refractivity contribution is -0.573. The van der Waals surface area contributed by atoms with Crippen molar-refractivity contribution in [1.82, 2.24) is 0 Å². The molecule has 1 aromatic carbocycles. The Kier molecular flexibility index (Phi) is 49.5. The minimum atomic E-state index is -1.66. The van der Waals surface area contributed by atoms with Crippen LogP contribution in [0.4, 0.5) is 5.69 Å². The van der Waals surface area contributed by atoms with Crippen LogP contribution in [0.1, 0.15) is 224 Å². The number of carboxylic acids is 2. The van der Waals surface area contributed by atoms with E-state index in [2.05, 4.69) is 22.3 Å². The first kappa shape index (κ1) is 99.8. The second kappa shape index (κ2) is 47.6. The fraction of sp³-hybridized carbons (Fsp3) is 0.738. The Balaban J connectivity index is -0.000000297. The van der Waals surface area contributed by atoms with Gasteiger partial charge in [0.1, 0.15) is 39.2 Å². The number of nitro groups is 2. The Morgan fingerprint density at radius 2 is 0.656 bits per heavy atom. The minimum absolute atomic E-state index is 0.0364. The monoisotopic (exact) mass is 1370 g/mol. The van der Waals surface area contributed by atoms with E-state index in [0.29, 0.717) is 0 Å². The number of hydrogen-bond donors (Lipinski definition) is 4. The largest absolute Gasteiger partial charge is 0.478 e. The number of nitrogens with two attached hydrogens (primary N) is 2. The van der Waals surface area contributed by atoms with E-state index in [1.54, 1.807) is 125 Å². The van der Waals surface area contributed by atoms with Crippen molar-refractivity contribution < 1.29 is 111 Å². The average Bonchev–Trinajstić information content (AvgIpc) is 0.849. The Bertz CT molecular complexity index is 2340. The van der Waals surface area contributed by atoms with Crippen molar-refractivity contribution in [1.29, 1.82) is 0 Å². The summed E-state index contributed by atoms with van der Waals surface area (Å²) in [6.07, 6.45) is 0.264. The predicted octanol–water partition coefficient (Wildman–Crippen LogP) is 9.77. The molecule has 0 amide bonds. The van der Waals surface area contributed by atoms with E-state index < -0.39 is 90.0 Å². The molecule has 0 spiro atoms. The van der Waals surface area contributed by atoms with E-state index in [1.165, 1.54) is 25.8 Å². The Hall–Kier alpha value is -7.24. The van der Waals surface area contributed by atoms with E-state index in [1.807, 2.05) is 20.8 Å². The van der Waals surface area contributed by atoms with Gasteiger partial charge in [-0.2, -0.15) is 0 Å². The van der Waals surface area contributed by atoms with Crippen LogP contribution in [-0.2, 0) is 80.9 Å². The van der Waals surface area contributed by atoms with Gasteiger partial charge in [0.05, 0.1) is 111 Å². The van der Waals surface area contributed by atoms with Gasteiger partial charge >= 0.3 is 53.7 Å². The summed E-state index contributed by atoms with van der Waals surface area (Å²) in [6.45, 7) is 43.6. The third-order valence-corrected chi connectivity index (χ3v) is 9.83. The van der Waals surface area contributed by atoms with Crippen molar-refractivity contribution in [3.63, 3.8) is 0 Å². The lowest BCUT2D eigenvalue weighted by atomic mass is 9.84. The van der Waals surface area contributed by atoms with Gasteiger partial charge in [0.15, 0.2) is 7.05 Å². The number of aromatic carboxylic acids is 2. The van der Waals surface area contributed by atoms with Crippen LogP contribution in [0.25, 0.3) is 0 Å². The van der Waals surface area contributed by atoms with E-state index in [-0.39, 0.29) is 138 Å². The quantitative estimate of drug-likeness (QED) is 0.00885. The molecule has 0 heterocycles. The van der Waals surface area contributed by atoms with E-state index in [4.69, 9.17) is 79.2 Å². The SMILES string of the molecule is C=CC(=O)OC(C)(C)C.CC(C)(C)OC(=O)CCC(CCC(=O)OC(C)(C)C)(CCC(=O)OC(C)(C)C)[N+](=O)[O-].CC(C)(C)OC(=O)CCOCC(N)(COCCC(=O)OC(C)(C)C)COCCC(=O)OC(C)(C)C.C[N+](=O)[O-].Nc1cc(C(=O)O)cc(C(=O)O)c1.[B]C.[B]C. The molecule has 29 nitrogen and oxygen atoms in total. The highest BCUT2D eigenvalue weighted by Gasteiger charge is 2.44. The van der Waals surface area contributed by atoms with Crippen LogP contribution in [0.2, 0.25) is 13.6 Å². The summed E-state index contributed by atoms with van der Waals surface area (Å²) >= 11 is 0. The van der Waals surface area contributed by atoms with Crippen molar-refractivity contribution >= 4 is 75.1 Å². The summed E-state index contributed by atoms with van der Waals surface area (Å²) in [4.78, 5) is 123. The van der Waals surface area contributed by atoms with Crippen LogP contribution >= 0.6 is 0 Å². The van der Waals surface area contributed by atoms with Gasteiger partial charge in [-0.3, -0.25) is 49.0 Å². The molecule has 550 valence electrons. The fourth-order valence-corrected chi connectivity index (χ4v) is 6.67.